The summed E-state index contributed by atoms with van der Waals surface area (Å²) in [5, 5.41) is 20.7. The molecule has 1 N–H and O–H groups in total. The van der Waals surface area contributed by atoms with E-state index in [4.69, 9.17) is 10.5 Å². The van der Waals surface area contributed by atoms with Gasteiger partial charge < -0.3 is 5.32 Å². The minimum atomic E-state index is -0.438. The van der Waals surface area contributed by atoms with Crippen LogP contribution in [0.15, 0.2) is 40.9 Å². The fourth-order valence-electron chi connectivity index (χ4n) is 1.71. The van der Waals surface area contributed by atoms with Gasteiger partial charge in [0.2, 0.25) is 0 Å². The van der Waals surface area contributed by atoms with Gasteiger partial charge in [0.25, 0.3) is 0 Å². The molecule has 0 heterocycles. The van der Waals surface area contributed by atoms with E-state index >= 15 is 0 Å². The summed E-state index contributed by atoms with van der Waals surface area (Å²) < 4.78 is 14.5. The lowest BCUT2D eigenvalue weighted by molar-refractivity contribution is 0.612. The van der Waals surface area contributed by atoms with E-state index in [0.29, 0.717) is 16.8 Å². The Labute approximate surface area is 124 Å². The summed E-state index contributed by atoms with van der Waals surface area (Å²) in [6.07, 6.45) is 0. The number of nitrogens with zero attached hydrogens (tertiary/aromatic N) is 2. The zero-order valence-corrected chi connectivity index (χ0v) is 11.9. The number of anilines is 1. The Morgan fingerprint density at radius 2 is 1.90 bits per heavy atom. The topological polar surface area (TPSA) is 59.6 Å². The first kappa shape index (κ1) is 14.0. The van der Waals surface area contributed by atoms with Gasteiger partial charge in [-0.2, -0.15) is 10.5 Å². The fourth-order valence-corrected chi connectivity index (χ4v) is 2.07. The quantitative estimate of drug-likeness (QED) is 0.927. The summed E-state index contributed by atoms with van der Waals surface area (Å²) in [6, 6.07) is 13.5. The van der Waals surface area contributed by atoms with Crippen molar-refractivity contribution >= 4 is 21.6 Å². The fraction of sp³-hybridized carbons (Fsp3) is 0.0667. The van der Waals surface area contributed by atoms with Crippen LogP contribution >= 0.6 is 15.9 Å². The van der Waals surface area contributed by atoms with Gasteiger partial charge in [0.15, 0.2) is 0 Å². The number of nitriles is 2. The second kappa shape index (κ2) is 6.18. The van der Waals surface area contributed by atoms with Crippen LogP contribution in [0.2, 0.25) is 0 Å². The van der Waals surface area contributed by atoms with E-state index in [1.807, 2.05) is 6.07 Å². The average Bonchev–Trinajstić information content (AvgIpc) is 2.46. The van der Waals surface area contributed by atoms with E-state index in [-0.39, 0.29) is 12.1 Å². The highest BCUT2D eigenvalue weighted by Crippen LogP contribution is 2.21. The van der Waals surface area contributed by atoms with E-state index in [2.05, 4.69) is 27.3 Å². The van der Waals surface area contributed by atoms with Crippen LogP contribution in [0.5, 0.6) is 0 Å². The van der Waals surface area contributed by atoms with Gasteiger partial charge in [-0.05, 0) is 30.3 Å². The number of hydrogen-bond acceptors (Lipinski definition) is 3. The molecule has 98 valence electrons. The van der Waals surface area contributed by atoms with Crippen LogP contribution in [-0.4, -0.2) is 0 Å². The average molecular weight is 330 g/mol. The van der Waals surface area contributed by atoms with Crippen molar-refractivity contribution < 1.29 is 4.39 Å². The Morgan fingerprint density at radius 3 is 2.55 bits per heavy atom. The zero-order valence-electron chi connectivity index (χ0n) is 10.3. The van der Waals surface area contributed by atoms with Crippen LogP contribution in [0.1, 0.15) is 16.7 Å². The number of hydrogen-bond donors (Lipinski definition) is 1. The van der Waals surface area contributed by atoms with Gasteiger partial charge in [-0.15, -0.1) is 0 Å². The molecule has 0 saturated heterocycles. The van der Waals surface area contributed by atoms with Crippen molar-refractivity contribution in [2.75, 3.05) is 5.32 Å². The summed E-state index contributed by atoms with van der Waals surface area (Å²) in [5.74, 6) is -0.438. The maximum absolute atomic E-state index is 13.7. The Kier molecular flexibility index (Phi) is 4.34. The van der Waals surface area contributed by atoms with E-state index in [0.717, 1.165) is 4.47 Å². The van der Waals surface area contributed by atoms with Crippen LogP contribution in [-0.2, 0) is 6.54 Å². The predicted octanol–water partition coefficient (Wildman–Crippen LogP) is 3.94. The van der Waals surface area contributed by atoms with Crippen LogP contribution in [0.25, 0.3) is 0 Å². The smallest absolute Gasteiger partial charge is 0.129 e. The molecule has 0 atom stereocenters. The molecule has 0 spiro atoms. The second-order valence-corrected chi connectivity index (χ2v) is 4.99. The standard InChI is InChI=1S/C15H9BrFN3/c16-13-3-4-15(12(6-13)8-19)20-9-11-2-1-10(7-18)5-14(11)17/h1-6,20H,9H2. The minimum absolute atomic E-state index is 0.244. The van der Waals surface area contributed by atoms with Crippen molar-refractivity contribution in [3.63, 3.8) is 0 Å². The highest BCUT2D eigenvalue weighted by atomic mass is 79.9. The molecule has 0 unspecified atom stereocenters. The van der Waals surface area contributed by atoms with Gasteiger partial charge in [-0.25, -0.2) is 4.39 Å². The molecule has 5 heteroatoms. The maximum Gasteiger partial charge on any atom is 0.129 e. The highest BCUT2D eigenvalue weighted by molar-refractivity contribution is 9.10. The first-order valence-electron chi connectivity index (χ1n) is 5.76. The Hall–Kier alpha value is -2.37. The van der Waals surface area contributed by atoms with E-state index in [1.54, 1.807) is 30.3 Å². The predicted molar refractivity (Wildman–Crippen MR) is 77.3 cm³/mol. The van der Waals surface area contributed by atoms with Gasteiger partial charge in [0.1, 0.15) is 11.9 Å². The van der Waals surface area contributed by atoms with Crippen molar-refractivity contribution in [1.82, 2.24) is 0 Å². The first-order chi connectivity index (χ1) is 9.63. The van der Waals surface area contributed by atoms with Crippen molar-refractivity contribution in [2.45, 2.75) is 6.54 Å². The van der Waals surface area contributed by atoms with Crippen LogP contribution < -0.4 is 5.32 Å². The summed E-state index contributed by atoms with van der Waals surface area (Å²) in [5.41, 5.74) is 1.84. The molecule has 0 aliphatic rings. The molecule has 20 heavy (non-hydrogen) atoms. The molecular formula is C15H9BrFN3. The molecule has 0 amide bonds. The second-order valence-electron chi connectivity index (χ2n) is 4.07. The maximum atomic E-state index is 13.7. The highest BCUT2D eigenvalue weighted by Gasteiger charge is 2.06. The van der Waals surface area contributed by atoms with E-state index in [9.17, 15) is 4.39 Å². The molecule has 0 aromatic heterocycles. The van der Waals surface area contributed by atoms with Crippen molar-refractivity contribution in [3.05, 3.63) is 63.4 Å². The summed E-state index contributed by atoms with van der Waals surface area (Å²) in [6.45, 7) is 0.244. The molecule has 2 aromatic carbocycles. The van der Waals surface area contributed by atoms with E-state index < -0.39 is 5.82 Å². The molecule has 2 rings (SSSR count). The Balaban J connectivity index is 2.18. The normalized spacial score (nSPS) is 9.60. The summed E-state index contributed by atoms with van der Waals surface area (Å²) in [4.78, 5) is 0. The van der Waals surface area contributed by atoms with Gasteiger partial charge in [0, 0.05) is 16.6 Å². The molecular weight excluding hydrogens is 321 g/mol. The Bertz CT molecular complexity index is 729. The van der Waals surface area contributed by atoms with Gasteiger partial charge >= 0.3 is 0 Å². The van der Waals surface area contributed by atoms with Crippen LogP contribution in [0.3, 0.4) is 0 Å². The molecule has 2 aromatic rings. The molecule has 0 fully saturated rings. The SMILES string of the molecule is N#Cc1ccc(CNc2ccc(Br)cc2C#N)c(F)c1. The zero-order chi connectivity index (χ0) is 14.5. The number of halogens is 2. The van der Waals surface area contributed by atoms with Gasteiger partial charge in [-0.1, -0.05) is 22.0 Å². The molecule has 0 saturated carbocycles. The van der Waals surface area contributed by atoms with Gasteiger partial charge in [0.05, 0.1) is 22.9 Å². The van der Waals surface area contributed by atoms with Crippen LogP contribution in [0, 0.1) is 28.5 Å². The lowest BCUT2D eigenvalue weighted by Crippen LogP contribution is -2.03. The third-order valence-electron chi connectivity index (χ3n) is 2.75. The summed E-state index contributed by atoms with van der Waals surface area (Å²) in [7, 11) is 0. The van der Waals surface area contributed by atoms with Crippen molar-refractivity contribution in [1.29, 1.82) is 10.5 Å². The third-order valence-corrected chi connectivity index (χ3v) is 3.25. The van der Waals surface area contributed by atoms with E-state index in [1.165, 1.54) is 6.07 Å². The van der Waals surface area contributed by atoms with Crippen molar-refractivity contribution in [2.24, 2.45) is 0 Å². The minimum Gasteiger partial charge on any atom is -0.380 e. The monoisotopic (exact) mass is 329 g/mol. The summed E-state index contributed by atoms with van der Waals surface area (Å²) >= 11 is 3.29. The lowest BCUT2D eigenvalue weighted by Gasteiger charge is -2.09. The molecule has 0 aliphatic carbocycles. The molecule has 3 nitrogen and oxygen atoms in total. The molecule has 0 radical (unpaired) electrons. The Morgan fingerprint density at radius 1 is 1.10 bits per heavy atom. The molecule has 0 aliphatic heterocycles. The third kappa shape index (κ3) is 3.14. The van der Waals surface area contributed by atoms with Gasteiger partial charge in [-0.3, -0.25) is 0 Å². The number of rotatable bonds is 3. The van der Waals surface area contributed by atoms with Crippen LogP contribution in [0.4, 0.5) is 10.1 Å². The lowest BCUT2D eigenvalue weighted by atomic mass is 10.1. The molecule has 0 bridgehead atoms. The van der Waals surface area contributed by atoms with Crippen molar-refractivity contribution in [3.8, 4) is 12.1 Å². The number of benzene rings is 2. The largest absolute Gasteiger partial charge is 0.380 e. The number of nitrogens with one attached hydrogen (secondary N) is 1. The first-order valence-corrected chi connectivity index (χ1v) is 6.55.